The molecule has 9 nitrogen and oxygen atoms in total. The number of nitrogens with one attached hydrogen (secondary N) is 2. The van der Waals surface area contributed by atoms with Gasteiger partial charge in [0.15, 0.2) is 5.65 Å². The molecule has 0 saturated carbocycles. The molecule has 2 aromatic carbocycles. The summed E-state index contributed by atoms with van der Waals surface area (Å²) in [5.74, 6) is 0. The van der Waals surface area contributed by atoms with Gasteiger partial charge in [0.1, 0.15) is 6.04 Å². The van der Waals surface area contributed by atoms with Gasteiger partial charge in [0, 0.05) is 34.6 Å². The fraction of sp³-hybridized carbons (Fsp3) is 0.0952. The van der Waals surface area contributed by atoms with E-state index in [1.807, 2.05) is 25.1 Å². The van der Waals surface area contributed by atoms with Crippen LogP contribution in [0.15, 0.2) is 67.0 Å². The molecule has 0 bridgehead atoms. The zero-order chi connectivity index (χ0) is 22.0. The van der Waals surface area contributed by atoms with E-state index in [4.69, 9.17) is 11.6 Å². The summed E-state index contributed by atoms with van der Waals surface area (Å²) in [5, 5.41) is 21.3. The van der Waals surface area contributed by atoms with Crippen LogP contribution in [0.3, 0.4) is 0 Å². The van der Waals surface area contributed by atoms with E-state index in [-0.39, 0.29) is 5.69 Å². The molecule has 2 N–H and O–H groups in total. The summed E-state index contributed by atoms with van der Waals surface area (Å²) < 4.78 is 1.64. The zero-order valence-corrected chi connectivity index (χ0v) is 17.1. The number of carbonyl (C=O) groups excluding carboxylic acids is 1. The third-order valence-corrected chi connectivity index (χ3v) is 5.10. The van der Waals surface area contributed by atoms with Crippen LogP contribution in [-0.2, 0) is 0 Å². The topological polar surface area (TPSA) is 114 Å². The summed E-state index contributed by atoms with van der Waals surface area (Å²) in [6.07, 6.45) is 3.27. The molecule has 2 amide bonds. The number of non-ortho nitro benzene ring substituents is 1. The van der Waals surface area contributed by atoms with Crippen LogP contribution in [0.1, 0.15) is 22.9 Å². The second kappa shape index (κ2) is 8.41. The van der Waals surface area contributed by atoms with Gasteiger partial charge in [0.2, 0.25) is 0 Å². The number of aromatic nitrogens is 3. The average Bonchev–Trinajstić information content (AvgIpc) is 3.17. The molecule has 0 aliphatic heterocycles. The Kier molecular flexibility index (Phi) is 5.50. The number of halogens is 1. The minimum atomic E-state index is -0.642. The molecule has 156 valence electrons. The van der Waals surface area contributed by atoms with E-state index in [0.29, 0.717) is 22.1 Å². The maximum atomic E-state index is 12.8. The van der Waals surface area contributed by atoms with Gasteiger partial charge in [0.05, 0.1) is 16.8 Å². The molecule has 0 saturated heterocycles. The van der Waals surface area contributed by atoms with Crippen LogP contribution in [0.5, 0.6) is 0 Å². The lowest BCUT2D eigenvalue weighted by Gasteiger charge is -2.22. The highest BCUT2D eigenvalue weighted by atomic mass is 35.5. The summed E-state index contributed by atoms with van der Waals surface area (Å²) in [5.41, 5.74) is 3.21. The first-order valence-corrected chi connectivity index (χ1v) is 9.67. The standard InChI is InChI=1S/C21H17ClN6O3/c1-13-4-2-5-16(22)19(13)20(17-12-23-18-6-3-11-24-27(17)18)26-21(29)25-14-7-9-15(10-8-14)28(30)31/h2-12,20H,1H3,(H2,25,26,29). The number of aryl methyl sites for hydroxylation is 1. The molecule has 31 heavy (non-hydrogen) atoms. The Morgan fingerprint density at radius 2 is 1.94 bits per heavy atom. The quantitative estimate of drug-likeness (QED) is 0.353. The van der Waals surface area contributed by atoms with Crippen molar-refractivity contribution in [3.63, 3.8) is 0 Å². The minimum Gasteiger partial charge on any atom is -0.325 e. The number of anilines is 1. The van der Waals surface area contributed by atoms with E-state index in [1.54, 1.807) is 29.0 Å². The van der Waals surface area contributed by atoms with Crippen LogP contribution < -0.4 is 10.6 Å². The van der Waals surface area contributed by atoms with E-state index in [0.717, 1.165) is 11.1 Å². The third-order valence-electron chi connectivity index (χ3n) is 4.77. The Morgan fingerprint density at radius 1 is 1.16 bits per heavy atom. The Morgan fingerprint density at radius 3 is 2.65 bits per heavy atom. The van der Waals surface area contributed by atoms with Crippen molar-refractivity contribution in [3.8, 4) is 0 Å². The second-order valence-corrected chi connectivity index (χ2v) is 7.19. The number of hydrogen-bond acceptors (Lipinski definition) is 5. The molecule has 4 aromatic rings. The van der Waals surface area contributed by atoms with Gasteiger partial charge in [0.25, 0.3) is 5.69 Å². The highest BCUT2D eigenvalue weighted by Gasteiger charge is 2.25. The SMILES string of the molecule is Cc1cccc(Cl)c1C(NC(=O)Nc1ccc([N+](=O)[O-])cc1)c1cnc2cccnn12. The first-order chi connectivity index (χ1) is 14.9. The van der Waals surface area contributed by atoms with Crippen LogP contribution in [-0.4, -0.2) is 25.6 Å². The van der Waals surface area contributed by atoms with Gasteiger partial charge in [-0.2, -0.15) is 5.10 Å². The number of nitro benzene ring substituents is 1. The van der Waals surface area contributed by atoms with E-state index in [2.05, 4.69) is 20.7 Å². The van der Waals surface area contributed by atoms with Crippen LogP contribution in [0.25, 0.3) is 5.65 Å². The van der Waals surface area contributed by atoms with Crippen molar-refractivity contribution in [3.05, 3.63) is 98.9 Å². The Balaban J connectivity index is 1.68. The molecule has 2 heterocycles. The van der Waals surface area contributed by atoms with Crippen molar-refractivity contribution in [1.82, 2.24) is 19.9 Å². The molecule has 2 aromatic heterocycles. The van der Waals surface area contributed by atoms with E-state index >= 15 is 0 Å². The number of rotatable bonds is 5. The largest absolute Gasteiger partial charge is 0.325 e. The molecule has 10 heteroatoms. The van der Waals surface area contributed by atoms with E-state index in [1.165, 1.54) is 24.3 Å². The van der Waals surface area contributed by atoms with Crippen LogP contribution in [0, 0.1) is 17.0 Å². The molecule has 4 rings (SSSR count). The molecule has 0 spiro atoms. The van der Waals surface area contributed by atoms with Crippen LogP contribution in [0.4, 0.5) is 16.2 Å². The normalized spacial score (nSPS) is 11.8. The van der Waals surface area contributed by atoms with Gasteiger partial charge < -0.3 is 10.6 Å². The number of urea groups is 1. The summed E-state index contributed by atoms with van der Waals surface area (Å²) in [4.78, 5) is 27.5. The molecular formula is C21H17ClN6O3. The molecular weight excluding hydrogens is 420 g/mol. The highest BCUT2D eigenvalue weighted by Crippen LogP contribution is 2.31. The molecule has 0 radical (unpaired) electrons. The summed E-state index contributed by atoms with van der Waals surface area (Å²) in [6, 6.07) is 13.5. The van der Waals surface area contributed by atoms with Crippen molar-refractivity contribution >= 4 is 34.7 Å². The van der Waals surface area contributed by atoms with Crippen molar-refractivity contribution in [2.24, 2.45) is 0 Å². The number of hydrogen-bond donors (Lipinski definition) is 2. The molecule has 1 unspecified atom stereocenters. The predicted molar refractivity (Wildman–Crippen MR) is 116 cm³/mol. The van der Waals surface area contributed by atoms with E-state index < -0.39 is 17.0 Å². The van der Waals surface area contributed by atoms with Gasteiger partial charge >= 0.3 is 6.03 Å². The molecule has 1 atom stereocenters. The Labute approximate surface area is 181 Å². The number of nitrogens with zero attached hydrogens (tertiary/aromatic N) is 4. The first kappa shape index (κ1) is 20.3. The molecule has 0 fully saturated rings. The number of benzene rings is 2. The third kappa shape index (κ3) is 4.17. The maximum absolute atomic E-state index is 12.8. The van der Waals surface area contributed by atoms with Crippen molar-refractivity contribution < 1.29 is 9.72 Å². The number of imidazole rings is 1. The average molecular weight is 437 g/mol. The van der Waals surface area contributed by atoms with Gasteiger partial charge in [-0.05, 0) is 42.8 Å². The van der Waals surface area contributed by atoms with Crippen molar-refractivity contribution in [2.45, 2.75) is 13.0 Å². The summed E-state index contributed by atoms with van der Waals surface area (Å²) in [7, 11) is 0. The number of fused-ring (bicyclic) bond motifs is 1. The van der Waals surface area contributed by atoms with Gasteiger partial charge in [-0.25, -0.2) is 14.3 Å². The smallest absolute Gasteiger partial charge is 0.320 e. The number of amides is 2. The zero-order valence-electron chi connectivity index (χ0n) is 16.3. The molecule has 0 aliphatic rings. The second-order valence-electron chi connectivity index (χ2n) is 6.78. The summed E-state index contributed by atoms with van der Waals surface area (Å²) >= 11 is 6.50. The lowest BCUT2D eigenvalue weighted by molar-refractivity contribution is -0.384. The van der Waals surface area contributed by atoms with Crippen molar-refractivity contribution in [2.75, 3.05) is 5.32 Å². The Hall–Kier alpha value is -3.98. The van der Waals surface area contributed by atoms with E-state index in [9.17, 15) is 14.9 Å². The van der Waals surface area contributed by atoms with Gasteiger partial charge in [-0.15, -0.1) is 0 Å². The van der Waals surface area contributed by atoms with Crippen LogP contribution >= 0.6 is 11.6 Å². The number of carbonyl (C=O) groups is 1. The first-order valence-electron chi connectivity index (χ1n) is 9.29. The lowest BCUT2D eigenvalue weighted by atomic mass is 9.99. The van der Waals surface area contributed by atoms with Gasteiger partial charge in [-0.1, -0.05) is 23.7 Å². The molecule has 0 aliphatic carbocycles. The van der Waals surface area contributed by atoms with Gasteiger partial charge in [-0.3, -0.25) is 10.1 Å². The fourth-order valence-electron chi connectivity index (χ4n) is 3.31. The number of nitro groups is 1. The Bertz CT molecular complexity index is 1250. The maximum Gasteiger partial charge on any atom is 0.320 e. The predicted octanol–water partition coefficient (Wildman–Crippen LogP) is 4.51. The summed E-state index contributed by atoms with van der Waals surface area (Å²) in [6.45, 7) is 1.90. The highest BCUT2D eigenvalue weighted by molar-refractivity contribution is 6.31. The monoisotopic (exact) mass is 436 g/mol. The van der Waals surface area contributed by atoms with Crippen molar-refractivity contribution in [1.29, 1.82) is 0 Å². The minimum absolute atomic E-state index is 0.0627. The van der Waals surface area contributed by atoms with Crippen LogP contribution in [0.2, 0.25) is 5.02 Å². The fourth-order valence-corrected chi connectivity index (χ4v) is 3.64. The lowest BCUT2D eigenvalue weighted by Crippen LogP contribution is -2.34.